The second-order valence-corrected chi connectivity index (χ2v) is 8.52. The highest BCUT2D eigenvalue weighted by Gasteiger charge is 2.07. The van der Waals surface area contributed by atoms with E-state index in [9.17, 15) is 0 Å². The summed E-state index contributed by atoms with van der Waals surface area (Å²) in [4.78, 5) is 2.63. The van der Waals surface area contributed by atoms with Gasteiger partial charge in [0.1, 0.15) is 12.4 Å². The van der Waals surface area contributed by atoms with Crippen molar-refractivity contribution in [3.8, 4) is 5.75 Å². The molecule has 0 heterocycles. The number of rotatable bonds is 15. The minimum absolute atomic E-state index is 0.597. The average Bonchev–Trinajstić information content (AvgIpc) is 2.75. The first-order valence-electron chi connectivity index (χ1n) is 11.1. The Bertz CT molecular complexity index is 670. The highest BCUT2D eigenvalue weighted by molar-refractivity contribution is 9.10. The molecular weight excluding hydrogens is 424 g/mol. The molecule has 0 fully saturated rings. The van der Waals surface area contributed by atoms with Gasteiger partial charge in [-0.2, -0.15) is 0 Å². The molecule has 0 spiro atoms. The fraction of sp³-hybridized carbons (Fsp3) is 0.520. The van der Waals surface area contributed by atoms with E-state index in [1.807, 2.05) is 24.3 Å². The van der Waals surface area contributed by atoms with E-state index in [-0.39, 0.29) is 0 Å². The summed E-state index contributed by atoms with van der Waals surface area (Å²) in [5, 5.41) is 3.61. The third kappa shape index (κ3) is 9.79. The van der Waals surface area contributed by atoms with Gasteiger partial charge in [-0.1, -0.05) is 73.0 Å². The zero-order valence-electron chi connectivity index (χ0n) is 18.1. The Kier molecular flexibility index (Phi) is 12.0. The van der Waals surface area contributed by atoms with Crippen LogP contribution in [0.25, 0.3) is 0 Å². The summed E-state index contributed by atoms with van der Waals surface area (Å²) >= 11 is 3.59. The van der Waals surface area contributed by atoms with Crippen LogP contribution in [0.3, 0.4) is 0 Å². The van der Waals surface area contributed by atoms with Crippen LogP contribution in [0.5, 0.6) is 5.75 Å². The van der Waals surface area contributed by atoms with E-state index >= 15 is 0 Å². The second kappa shape index (κ2) is 14.6. The van der Waals surface area contributed by atoms with Crippen LogP contribution in [0, 0.1) is 0 Å². The van der Waals surface area contributed by atoms with Crippen molar-refractivity contribution < 1.29 is 4.74 Å². The fourth-order valence-electron chi connectivity index (χ4n) is 3.31. The lowest BCUT2D eigenvalue weighted by molar-refractivity contribution is 0.260. The molecule has 160 valence electrons. The van der Waals surface area contributed by atoms with Gasteiger partial charge < -0.3 is 15.0 Å². The second-order valence-electron chi connectivity index (χ2n) is 7.61. The number of unbranched alkanes of at least 4 members (excludes halogenated alkanes) is 2. The Morgan fingerprint density at radius 3 is 2.28 bits per heavy atom. The van der Waals surface area contributed by atoms with Crippen molar-refractivity contribution in [2.45, 2.75) is 59.1 Å². The molecule has 2 aromatic carbocycles. The molecule has 2 aromatic rings. The van der Waals surface area contributed by atoms with Gasteiger partial charge in [0.15, 0.2) is 0 Å². The SMILES string of the molecule is CCCCN(CCCC)CCCNCc1cc(Br)ccc1OCc1ccccc1. The third-order valence-electron chi connectivity index (χ3n) is 5.06. The first kappa shape index (κ1) is 23.9. The highest BCUT2D eigenvalue weighted by atomic mass is 79.9. The number of hydrogen-bond donors (Lipinski definition) is 1. The van der Waals surface area contributed by atoms with Crippen molar-refractivity contribution in [1.82, 2.24) is 10.2 Å². The topological polar surface area (TPSA) is 24.5 Å². The van der Waals surface area contributed by atoms with Crippen LogP contribution in [-0.4, -0.2) is 31.1 Å². The van der Waals surface area contributed by atoms with Crippen molar-refractivity contribution in [3.63, 3.8) is 0 Å². The summed E-state index contributed by atoms with van der Waals surface area (Å²) in [6.07, 6.45) is 6.33. The molecule has 0 bridgehead atoms. The molecule has 2 rings (SSSR count). The molecule has 1 N–H and O–H groups in total. The molecule has 0 aliphatic heterocycles. The van der Waals surface area contributed by atoms with Crippen molar-refractivity contribution in [2.75, 3.05) is 26.2 Å². The van der Waals surface area contributed by atoms with E-state index in [1.54, 1.807) is 0 Å². The lowest BCUT2D eigenvalue weighted by Crippen LogP contribution is -2.29. The summed E-state index contributed by atoms with van der Waals surface area (Å²) in [5.41, 5.74) is 2.39. The first-order valence-corrected chi connectivity index (χ1v) is 11.9. The van der Waals surface area contributed by atoms with Gasteiger partial charge in [-0.15, -0.1) is 0 Å². The quantitative estimate of drug-likeness (QED) is 0.310. The number of nitrogens with zero attached hydrogens (tertiary/aromatic N) is 1. The van der Waals surface area contributed by atoms with Gasteiger partial charge >= 0.3 is 0 Å². The zero-order chi connectivity index (χ0) is 20.7. The number of nitrogens with one attached hydrogen (secondary N) is 1. The van der Waals surface area contributed by atoms with Crippen molar-refractivity contribution >= 4 is 15.9 Å². The van der Waals surface area contributed by atoms with Gasteiger partial charge in [0.25, 0.3) is 0 Å². The van der Waals surface area contributed by atoms with E-state index in [0.29, 0.717) is 6.61 Å². The maximum atomic E-state index is 6.09. The standard InChI is InChI=1S/C25H37BrN2O/c1-3-5-16-28(17-6-4-2)18-10-15-27-20-23-19-24(26)13-14-25(23)29-21-22-11-8-7-9-12-22/h7-9,11-14,19,27H,3-6,10,15-18,20-21H2,1-2H3. The van der Waals surface area contributed by atoms with E-state index in [4.69, 9.17) is 4.74 Å². The van der Waals surface area contributed by atoms with Gasteiger partial charge in [0.05, 0.1) is 0 Å². The van der Waals surface area contributed by atoms with Crippen LogP contribution in [-0.2, 0) is 13.2 Å². The van der Waals surface area contributed by atoms with Crippen molar-refractivity contribution in [2.24, 2.45) is 0 Å². The smallest absolute Gasteiger partial charge is 0.124 e. The summed E-state index contributed by atoms with van der Waals surface area (Å²) in [6.45, 7) is 10.7. The van der Waals surface area contributed by atoms with E-state index in [0.717, 1.165) is 23.3 Å². The minimum Gasteiger partial charge on any atom is -0.489 e. The molecule has 0 aliphatic carbocycles. The van der Waals surface area contributed by atoms with Crippen molar-refractivity contribution in [3.05, 3.63) is 64.1 Å². The largest absolute Gasteiger partial charge is 0.489 e. The molecule has 0 saturated carbocycles. The average molecular weight is 461 g/mol. The van der Waals surface area contributed by atoms with Gasteiger partial charge in [0, 0.05) is 16.6 Å². The predicted octanol–water partition coefficient (Wildman–Crippen LogP) is 6.41. The Labute approximate surface area is 186 Å². The first-order chi connectivity index (χ1) is 14.2. The number of benzene rings is 2. The summed E-state index contributed by atoms with van der Waals surface area (Å²) in [7, 11) is 0. The summed E-state index contributed by atoms with van der Waals surface area (Å²) in [6, 6.07) is 16.6. The molecule has 29 heavy (non-hydrogen) atoms. The molecule has 4 heteroatoms. The highest BCUT2D eigenvalue weighted by Crippen LogP contribution is 2.24. The lowest BCUT2D eigenvalue weighted by atomic mass is 10.2. The van der Waals surface area contributed by atoms with E-state index in [2.05, 4.69) is 64.3 Å². The normalized spacial score (nSPS) is 11.2. The van der Waals surface area contributed by atoms with Gasteiger partial charge in [0.2, 0.25) is 0 Å². The van der Waals surface area contributed by atoms with Gasteiger partial charge in [-0.25, -0.2) is 0 Å². The Hall–Kier alpha value is -1.36. The van der Waals surface area contributed by atoms with Crippen molar-refractivity contribution in [1.29, 1.82) is 0 Å². The summed E-state index contributed by atoms with van der Waals surface area (Å²) < 4.78 is 7.18. The Morgan fingerprint density at radius 1 is 0.897 bits per heavy atom. The van der Waals surface area contributed by atoms with Crippen LogP contribution >= 0.6 is 15.9 Å². The van der Waals surface area contributed by atoms with Crippen LogP contribution in [0.15, 0.2) is 53.0 Å². The molecule has 0 saturated heterocycles. The van der Waals surface area contributed by atoms with Crippen LogP contribution in [0.4, 0.5) is 0 Å². The number of hydrogen-bond acceptors (Lipinski definition) is 3. The monoisotopic (exact) mass is 460 g/mol. The molecule has 0 aromatic heterocycles. The van der Waals surface area contributed by atoms with Gasteiger partial charge in [-0.05, 0) is 69.2 Å². The molecule has 0 aliphatic rings. The molecule has 0 radical (unpaired) electrons. The van der Waals surface area contributed by atoms with Crippen LogP contribution in [0.1, 0.15) is 57.1 Å². The fourth-order valence-corrected chi connectivity index (χ4v) is 3.72. The Balaban J connectivity index is 1.78. The minimum atomic E-state index is 0.597. The number of halogens is 1. The molecule has 0 amide bonds. The third-order valence-corrected chi connectivity index (χ3v) is 5.55. The van der Waals surface area contributed by atoms with E-state index in [1.165, 1.54) is 62.9 Å². The summed E-state index contributed by atoms with van der Waals surface area (Å²) in [5.74, 6) is 0.956. The maximum absolute atomic E-state index is 6.09. The maximum Gasteiger partial charge on any atom is 0.124 e. The predicted molar refractivity (Wildman–Crippen MR) is 127 cm³/mol. The Morgan fingerprint density at radius 2 is 1.59 bits per heavy atom. The zero-order valence-corrected chi connectivity index (χ0v) is 19.7. The molecular formula is C25H37BrN2O. The van der Waals surface area contributed by atoms with Gasteiger partial charge in [-0.3, -0.25) is 0 Å². The van der Waals surface area contributed by atoms with Crippen LogP contribution in [0.2, 0.25) is 0 Å². The number of ether oxygens (including phenoxy) is 1. The van der Waals surface area contributed by atoms with Crippen LogP contribution < -0.4 is 10.1 Å². The molecule has 3 nitrogen and oxygen atoms in total. The molecule has 0 atom stereocenters. The lowest BCUT2D eigenvalue weighted by Gasteiger charge is -2.22. The molecule has 0 unspecified atom stereocenters. The van der Waals surface area contributed by atoms with E-state index < -0.39 is 0 Å².